The van der Waals surface area contributed by atoms with Crippen LogP contribution in [0.25, 0.3) is 16.0 Å². The maximum absolute atomic E-state index is 14.0. The topological polar surface area (TPSA) is 90.5 Å². The fourth-order valence-corrected chi connectivity index (χ4v) is 6.98. The van der Waals surface area contributed by atoms with E-state index in [1.54, 1.807) is 15.9 Å². The molecular weight excluding hydrogens is 530 g/mol. The number of hydrogen-bond donors (Lipinski definition) is 1. The van der Waals surface area contributed by atoms with Gasteiger partial charge in [0.1, 0.15) is 4.83 Å². The van der Waals surface area contributed by atoms with Gasteiger partial charge in [0.25, 0.3) is 5.56 Å². The van der Waals surface area contributed by atoms with Crippen LogP contribution in [-0.4, -0.2) is 36.9 Å². The van der Waals surface area contributed by atoms with E-state index in [0.29, 0.717) is 42.8 Å². The zero-order valence-electron chi connectivity index (χ0n) is 21.8. The number of aromatic nitrogens is 4. The first-order chi connectivity index (χ1) is 19.0. The maximum atomic E-state index is 14.0. The first-order valence-electron chi connectivity index (χ1n) is 13.0. The fourth-order valence-electron chi connectivity index (χ4n) is 4.95. The summed E-state index contributed by atoms with van der Waals surface area (Å²) in [5.74, 6) is 0.884. The monoisotopic (exact) mass is 559 g/mol. The molecular formula is C29H29N5O3S2. The van der Waals surface area contributed by atoms with E-state index in [-0.39, 0.29) is 23.3 Å². The molecule has 0 bridgehead atoms. The molecule has 1 amide bonds. The van der Waals surface area contributed by atoms with Crippen LogP contribution in [0.5, 0.6) is 0 Å². The first-order valence-corrected chi connectivity index (χ1v) is 14.8. The highest BCUT2D eigenvalue weighted by Crippen LogP contribution is 2.37. The van der Waals surface area contributed by atoms with Crippen LogP contribution in [0.2, 0.25) is 0 Å². The van der Waals surface area contributed by atoms with Crippen LogP contribution < -0.4 is 10.9 Å². The summed E-state index contributed by atoms with van der Waals surface area (Å²) in [6, 6.07) is 19.5. The van der Waals surface area contributed by atoms with Crippen molar-refractivity contribution in [3.8, 4) is 0 Å². The number of fused-ring (bicyclic) bond motifs is 5. The van der Waals surface area contributed by atoms with E-state index in [4.69, 9.17) is 4.74 Å². The normalized spacial score (nSPS) is 15.2. The lowest BCUT2D eigenvalue weighted by Crippen LogP contribution is -2.29. The smallest absolute Gasteiger partial charge is 0.263 e. The van der Waals surface area contributed by atoms with Gasteiger partial charge >= 0.3 is 0 Å². The number of benzene rings is 2. The number of rotatable bonds is 8. The Bertz CT molecular complexity index is 1690. The average Bonchev–Trinajstić information content (AvgIpc) is 3.54. The Kier molecular flexibility index (Phi) is 7.24. The zero-order chi connectivity index (χ0) is 26.9. The molecule has 0 spiro atoms. The van der Waals surface area contributed by atoms with E-state index >= 15 is 0 Å². The van der Waals surface area contributed by atoms with Crippen LogP contribution in [-0.2, 0) is 35.5 Å². The Hall–Kier alpha value is -3.47. The van der Waals surface area contributed by atoms with Crippen molar-refractivity contribution in [2.45, 2.75) is 51.1 Å². The van der Waals surface area contributed by atoms with E-state index in [1.807, 2.05) is 52.9 Å². The summed E-state index contributed by atoms with van der Waals surface area (Å²) in [7, 11) is 0. The summed E-state index contributed by atoms with van der Waals surface area (Å²) in [5.41, 5.74) is 2.93. The van der Waals surface area contributed by atoms with Crippen LogP contribution in [0.4, 0.5) is 5.69 Å². The summed E-state index contributed by atoms with van der Waals surface area (Å²) in [4.78, 5) is 28.6. The Labute approximate surface area is 234 Å². The molecule has 0 saturated carbocycles. The third-order valence-electron chi connectivity index (χ3n) is 7.03. The highest BCUT2D eigenvalue weighted by atomic mass is 32.2. The number of thioether (sulfide) groups is 1. The third kappa shape index (κ3) is 5.11. The quantitative estimate of drug-likeness (QED) is 0.264. The van der Waals surface area contributed by atoms with Crippen molar-refractivity contribution < 1.29 is 9.53 Å². The standard InChI is InChI=1S/C29H29N5O3S2/c1-18(2)22-15-21-23(16-37-22)39-27-25(21)26(36)33(14-13-19-9-5-3-6-10-19)28-31-32-29(34(27)28)38-17-24(35)30-20-11-7-4-8-12-20/h3-12,18,22H,13-17H2,1-2H3,(H,30,35)/t22-/m0/s1. The summed E-state index contributed by atoms with van der Waals surface area (Å²) < 4.78 is 9.83. The number of amides is 1. The number of anilines is 1. The minimum Gasteiger partial charge on any atom is -0.372 e. The first kappa shape index (κ1) is 25.8. The molecule has 6 rings (SSSR count). The van der Waals surface area contributed by atoms with Gasteiger partial charge < -0.3 is 10.1 Å². The summed E-state index contributed by atoms with van der Waals surface area (Å²) in [6.07, 6.45) is 1.47. The van der Waals surface area contributed by atoms with E-state index < -0.39 is 0 Å². The van der Waals surface area contributed by atoms with Gasteiger partial charge in [-0.3, -0.25) is 14.2 Å². The molecule has 1 aliphatic heterocycles. The number of ether oxygens (including phenoxy) is 1. The molecule has 1 atom stereocenters. The Morgan fingerprint density at radius 2 is 1.87 bits per heavy atom. The van der Waals surface area contributed by atoms with Crippen LogP contribution in [0.15, 0.2) is 70.6 Å². The maximum Gasteiger partial charge on any atom is 0.263 e. The Balaban J connectivity index is 1.40. The summed E-state index contributed by atoms with van der Waals surface area (Å²) >= 11 is 2.88. The molecule has 10 heteroatoms. The van der Waals surface area contributed by atoms with Crippen molar-refractivity contribution in [2.24, 2.45) is 5.92 Å². The van der Waals surface area contributed by atoms with Gasteiger partial charge in [0.15, 0.2) is 5.16 Å². The van der Waals surface area contributed by atoms with Crippen molar-refractivity contribution >= 4 is 50.7 Å². The number of hydrogen-bond acceptors (Lipinski definition) is 7. The largest absolute Gasteiger partial charge is 0.372 e. The number of aryl methyl sites for hydroxylation is 2. The highest BCUT2D eigenvalue weighted by Gasteiger charge is 2.30. The van der Waals surface area contributed by atoms with Gasteiger partial charge in [-0.2, -0.15) is 0 Å². The SMILES string of the molecule is CC(C)[C@@H]1Cc2c(sc3c2c(=O)n(CCc2ccccc2)c2nnc(SCC(=O)Nc4ccccc4)n32)CO1. The predicted octanol–water partition coefficient (Wildman–Crippen LogP) is 5.18. The second-order valence-corrected chi connectivity index (χ2v) is 12.0. The minimum atomic E-state index is -0.129. The number of carbonyl (C=O) groups excluding carboxylic acids is 1. The van der Waals surface area contributed by atoms with Crippen molar-refractivity contribution in [3.63, 3.8) is 0 Å². The molecule has 0 fully saturated rings. The molecule has 0 radical (unpaired) electrons. The van der Waals surface area contributed by atoms with Crippen molar-refractivity contribution in [2.75, 3.05) is 11.1 Å². The second kappa shape index (κ2) is 11.0. The molecule has 0 unspecified atom stereocenters. The van der Waals surface area contributed by atoms with Crippen molar-refractivity contribution in [3.05, 3.63) is 87.0 Å². The van der Waals surface area contributed by atoms with Gasteiger partial charge in [-0.05, 0) is 35.6 Å². The highest BCUT2D eigenvalue weighted by molar-refractivity contribution is 7.99. The molecule has 0 aliphatic carbocycles. The van der Waals surface area contributed by atoms with Gasteiger partial charge in [0.2, 0.25) is 11.7 Å². The Morgan fingerprint density at radius 1 is 1.13 bits per heavy atom. The molecule has 0 saturated heterocycles. The van der Waals surface area contributed by atoms with Crippen LogP contribution in [0.3, 0.4) is 0 Å². The number of nitrogens with one attached hydrogen (secondary N) is 1. The minimum absolute atomic E-state index is 0.0406. The van der Waals surface area contributed by atoms with E-state index in [2.05, 4.69) is 41.5 Å². The summed E-state index contributed by atoms with van der Waals surface area (Å²) in [5, 5.41) is 13.1. The zero-order valence-corrected chi connectivity index (χ0v) is 23.4. The number of thiophene rings is 1. The second-order valence-electron chi connectivity index (χ2n) is 9.99. The van der Waals surface area contributed by atoms with E-state index in [0.717, 1.165) is 31.9 Å². The van der Waals surface area contributed by atoms with Crippen LogP contribution in [0.1, 0.15) is 29.9 Å². The lowest BCUT2D eigenvalue weighted by molar-refractivity contribution is -0.113. The molecule has 8 nitrogen and oxygen atoms in total. The fraction of sp³-hybridized carbons (Fsp3) is 0.310. The average molecular weight is 560 g/mol. The number of carbonyl (C=O) groups is 1. The van der Waals surface area contributed by atoms with E-state index in [9.17, 15) is 9.59 Å². The van der Waals surface area contributed by atoms with Crippen LogP contribution >= 0.6 is 23.1 Å². The summed E-state index contributed by atoms with van der Waals surface area (Å²) in [6.45, 7) is 5.27. The molecule has 3 aromatic heterocycles. The molecule has 1 N–H and O–H groups in total. The van der Waals surface area contributed by atoms with Crippen molar-refractivity contribution in [1.29, 1.82) is 0 Å². The van der Waals surface area contributed by atoms with E-state index in [1.165, 1.54) is 11.8 Å². The van der Waals surface area contributed by atoms with Gasteiger partial charge in [-0.1, -0.05) is 74.1 Å². The van der Waals surface area contributed by atoms with Gasteiger partial charge in [-0.25, -0.2) is 4.40 Å². The lowest BCUT2D eigenvalue weighted by atomic mass is 9.96. The van der Waals surface area contributed by atoms with Gasteiger partial charge in [0, 0.05) is 23.5 Å². The molecule has 1 aliphatic rings. The number of nitrogens with zero attached hydrogens (tertiary/aromatic N) is 4. The van der Waals surface area contributed by atoms with Crippen molar-refractivity contribution in [1.82, 2.24) is 19.2 Å². The van der Waals surface area contributed by atoms with Gasteiger partial charge in [-0.15, -0.1) is 21.5 Å². The molecule has 5 aromatic rings. The predicted molar refractivity (Wildman–Crippen MR) is 156 cm³/mol. The molecule has 200 valence electrons. The molecule has 2 aromatic carbocycles. The Morgan fingerprint density at radius 3 is 2.62 bits per heavy atom. The molecule has 4 heterocycles. The lowest BCUT2D eigenvalue weighted by Gasteiger charge is -2.26. The third-order valence-corrected chi connectivity index (χ3v) is 9.15. The van der Waals surface area contributed by atoms with Crippen LogP contribution in [0, 0.1) is 5.92 Å². The van der Waals surface area contributed by atoms with Gasteiger partial charge in [0.05, 0.1) is 23.8 Å². The number of para-hydroxylation sites is 1. The molecule has 39 heavy (non-hydrogen) atoms.